The van der Waals surface area contributed by atoms with E-state index in [4.69, 9.17) is 4.74 Å². The van der Waals surface area contributed by atoms with Gasteiger partial charge in [0.2, 0.25) is 10.0 Å². The van der Waals surface area contributed by atoms with E-state index in [0.29, 0.717) is 11.3 Å². The second-order valence-electron chi connectivity index (χ2n) is 6.12. The average molecular weight is 429 g/mol. The predicted molar refractivity (Wildman–Crippen MR) is 102 cm³/mol. The van der Waals surface area contributed by atoms with Crippen molar-refractivity contribution in [3.63, 3.8) is 0 Å². The van der Waals surface area contributed by atoms with Gasteiger partial charge in [0.25, 0.3) is 0 Å². The van der Waals surface area contributed by atoms with Crippen molar-refractivity contribution >= 4 is 32.4 Å². The predicted octanol–water partition coefficient (Wildman–Crippen LogP) is 2.85. The van der Waals surface area contributed by atoms with E-state index in [-0.39, 0.29) is 18.1 Å². The lowest BCUT2D eigenvalue weighted by Crippen LogP contribution is -2.23. The molecule has 0 saturated carbocycles. The lowest BCUT2D eigenvalue weighted by molar-refractivity contribution is -0.137. The Balaban J connectivity index is 1.73. The lowest BCUT2D eigenvalue weighted by Gasteiger charge is -2.14. The Bertz CT molecular complexity index is 1130. The van der Waals surface area contributed by atoms with Gasteiger partial charge in [-0.1, -0.05) is 0 Å². The van der Waals surface area contributed by atoms with Gasteiger partial charge in [0.15, 0.2) is 0 Å². The maximum atomic E-state index is 12.7. The number of alkyl halides is 3. The fraction of sp³-hybridized carbons (Fsp3) is 0.294. The molecule has 0 unspecified atom stereocenters. The van der Waals surface area contributed by atoms with Gasteiger partial charge in [0.05, 0.1) is 30.1 Å². The highest BCUT2D eigenvalue weighted by Crippen LogP contribution is 2.33. The molecule has 8 nitrogen and oxygen atoms in total. The van der Waals surface area contributed by atoms with E-state index in [1.54, 1.807) is 25.4 Å². The fourth-order valence-corrected chi connectivity index (χ4v) is 3.72. The summed E-state index contributed by atoms with van der Waals surface area (Å²) in [5, 5.41) is 7.42. The molecule has 156 valence electrons. The van der Waals surface area contributed by atoms with Crippen LogP contribution in [-0.4, -0.2) is 42.6 Å². The summed E-state index contributed by atoms with van der Waals surface area (Å²) in [5.41, 5.74) is -0.0915. The molecule has 0 atom stereocenters. The number of nitrogens with one attached hydrogen (secondary N) is 2. The summed E-state index contributed by atoms with van der Waals surface area (Å²) < 4.78 is 72.5. The average Bonchev–Trinajstić information content (AvgIpc) is 3.02. The molecule has 0 aliphatic heterocycles. The van der Waals surface area contributed by atoms with Crippen molar-refractivity contribution in [3.8, 4) is 5.75 Å². The standard InChI is InChI=1S/C17H18F3N5O3S/c1-25-16-11(10-23-25)3-4-13(28-2)15(16)24-29(26,27)8-7-22-14-9-12(5-6-21-14)17(18,19)20/h3-6,9-10,24H,7-8H2,1-2H3,(H,21,22). The molecular formula is C17H18F3N5O3S. The zero-order chi connectivity index (χ0) is 21.2. The van der Waals surface area contributed by atoms with Crippen LogP contribution >= 0.6 is 0 Å². The fourth-order valence-electron chi connectivity index (χ4n) is 2.74. The van der Waals surface area contributed by atoms with Gasteiger partial charge in [-0.15, -0.1) is 0 Å². The molecule has 29 heavy (non-hydrogen) atoms. The smallest absolute Gasteiger partial charge is 0.416 e. The molecule has 12 heteroatoms. The SMILES string of the molecule is COc1ccc2cnn(C)c2c1NS(=O)(=O)CCNc1cc(C(F)(F)F)ccn1. The summed E-state index contributed by atoms with van der Waals surface area (Å²) in [4.78, 5) is 3.77. The van der Waals surface area contributed by atoms with Crippen molar-refractivity contribution in [1.29, 1.82) is 0 Å². The summed E-state index contributed by atoms with van der Waals surface area (Å²) in [6.45, 7) is -0.146. The van der Waals surface area contributed by atoms with E-state index < -0.39 is 27.5 Å². The van der Waals surface area contributed by atoms with Gasteiger partial charge in [-0.2, -0.15) is 18.3 Å². The van der Waals surface area contributed by atoms with E-state index in [1.165, 1.54) is 11.8 Å². The van der Waals surface area contributed by atoms with Crippen LogP contribution in [0.1, 0.15) is 5.56 Å². The number of rotatable bonds is 7. The van der Waals surface area contributed by atoms with Crippen LogP contribution in [-0.2, 0) is 23.2 Å². The van der Waals surface area contributed by atoms with Crippen LogP contribution in [0.5, 0.6) is 5.75 Å². The third-order valence-corrected chi connectivity index (χ3v) is 5.36. The first-order chi connectivity index (χ1) is 13.6. The quantitative estimate of drug-likeness (QED) is 0.599. The first kappa shape index (κ1) is 20.7. The number of sulfonamides is 1. The zero-order valence-corrected chi connectivity index (χ0v) is 16.3. The van der Waals surface area contributed by atoms with Crippen LogP contribution in [0.4, 0.5) is 24.7 Å². The van der Waals surface area contributed by atoms with Crippen LogP contribution in [0.15, 0.2) is 36.7 Å². The minimum Gasteiger partial charge on any atom is -0.494 e. The molecule has 2 heterocycles. The van der Waals surface area contributed by atoms with Gasteiger partial charge in [-0.3, -0.25) is 9.40 Å². The van der Waals surface area contributed by atoms with Crippen molar-refractivity contribution in [2.45, 2.75) is 6.18 Å². The first-order valence-electron chi connectivity index (χ1n) is 8.37. The van der Waals surface area contributed by atoms with Crippen LogP contribution in [0, 0.1) is 0 Å². The highest BCUT2D eigenvalue weighted by atomic mass is 32.2. The lowest BCUT2D eigenvalue weighted by atomic mass is 10.2. The van der Waals surface area contributed by atoms with Crippen molar-refractivity contribution < 1.29 is 26.3 Å². The summed E-state index contributed by atoms with van der Waals surface area (Å²) in [6, 6.07) is 5.02. The van der Waals surface area contributed by atoms with Crippen LogP contribution in [0.2, 0.25) is 0 Å². The number of hydrogen-bond acceptors (Lipinski definition) is 6. The number of benzene rings is 1. The number of aryl methyl sites for hydroxylation is 1. The van der Waals surface area contributed by atoms with Crippen LogP contribution < -0.4 is 14.8 Å². The van der Waals surface area contributed by atoms with Crippen molar-refractivity contribution in [2.24, 2.45) is 7.05 Å². The molecule has 3 rings (SSSR count). The third kappa shape index (κ3) is 4.70. The van der Waals surface area contributed by atoms with Crippen molar-refractivity contribution in [1.82, 2.24) is 14.8 Å². The number of anilines is 2. The molecule has 0 saturated heterocycles. The molecule has 2 aromatic heterocycles. The molecule has 0 amide bonds. The normalized spacial score (nSPS) is 12.2. The monoisotopic (exact) mass is 429 g/mol. The van der Waals surface area contributed by atoms with E-state index in [1.807, 2.05) is 0 Å². The highest BCUT2D eigenvalue weighted by Gasteiger charge is 2.30. The van der Waals surface area contributed by atoms with Gasteiger partial charge >= 0.3 is 6.18 Å². The van der Waals surface area contributed by atoms with Gasteiger partial charge in [-0.25, -0.2) is 13.4 Å². The number of ether oxygens (including phenoxy) is 1. The molecule has 2 N–H and O–H groups in total. The highest BCUT2D eigenvalue weighted by molar-refractivity contribution is 7.92. The summed E-state index contributed by atoms with van der Waals surface area (Å²) in [7, 11) is -0.766. The Morgan fingerprint density at radius 3 is 2.69 bits per heavy atom. The Hall–Kier alpha value is -3.02. The number of fused-ring (bicyclic) bond motifs is 1. The number of methoxy groups -OCH3 is 1. The molecule has 0 aliphatic rings. The second kappa shape index (κ2) is 7.78. The van der Waals surface area contributed by atoms with Gasteiger partial charge < -0.3 is 10.1 Å². The van der Waals surface area contributed by atoms with E-state index >= 15 is 0 Å². The van der Waals surface area contributed by atoms with E-state index in [0.717, 1.165) is 23.7 Å². The maximum absolute atomic E-state index is 12.7. The second-order valence-corrected chi connectivity index (χ2v) is 7.97. The largest absolute Gasteiger partial charge is 0.494 e. The molecule has 0 bridgehead atoms. The molecule has 1 aromatic carbocycles. The Morgan fingerprint density at radius 1 is 1.24 bits per heavy atom. The summed E-state index contributed by atoms with van der Waals surface area (Å²) in [5.74, 6) is -0.152. The van der Waals surface area contributed by atoms with E-state index in [2.05, 4.69) is 20.1 Å². The maximum Gasteiger partial charge on any atom is 0.416 e. The van der Waals surface area contributed by atoms with Gasteiger partial charge in [0.1, 0.15) is 17.3 Å². The number of pyridine rings is 1. The minimum atomic E-state index is -4.51. The Labute approximate surface area is 164 Å². The third-order valence-electron chi connectivity index (χ3n) is 4.11. The number of halogens is 3. The molecule has 0 aliphatic carbocycles. The van der Waals surface area contributed by atoms with Crippen molar-refractivity contribution in [2.75, 3.05) is 29.4 Å². The molecular weight excluding hydrogens is 411 g/mol. The Kier molecular flexibility index (Phi) is 5.55. The van der Waals surface area contributed by atoms with Gasteiger partial charge in [0, 0.05) is 25.2 Å². The van der Waals surface area contributed by atoms with E-state index in [9.17, 15) is 21.6 Å². The molecule has 3 aromatic rings. The molecule has 0 radical (unpaired) electrons. The van der Waals surface area contributed by atoms with Crippen LogP contribution in [0.3, 0.4) is 0 Å². The Morgan fingerprint density at radius 2 is 2.00 bits per heavy atom. The topological polar surface area (TPSA) is 98.1 Å². The van der Waals surface area contributed by atoms with Crippen molar-refractivity contribution in [3.05, 3.63) is 42.2 Å². The van der Waals surface area contributed by atoms with Gasteiger partial charge in [-0.05, 0) is 24.3 Å². The van der Waals surface area contributed by atoms with Crippen LogP contribution in [0.25, 0.3) is 10.9 Å². The minimum absolute atomic E-state index is 0.0682. The first-order valence-corrected chi connectivity index (χ1v) is 10.0. The summed E-state index contributed by atoms with van der Waals surface area (Å²) in [6.07, 6.45) is -1.91. The zero-order valence-electron chi connectivity index (χ0n) is 15.5. The summed E-state index contributed by atoms with van der Waals surface area (Å²) >= 11 is 0. The molecule has 0 spiro atoms. The molecule has 0 fully saturated rings. The number of aromatic nitrogens is 3. The number of hydrogen-bond donors (Lipinski definition) is 2. The number of nitrogens with zero attached hydrogens (tertiary/aromatic N) is 3.